The average Bonchev–Trinajstić information content (AvgIpc) is 2.91. The highest BCUT2D eigenvalue weighted by Gasteiger charge is 2.31. The first-order chi connectivity index (χ1) is 18.2. The zero-order valence-corrected chi connectivity index (χ0v) is 21.8. The third-order valence-electron chi connectivity index (χ3n) is 5.71. The van der Waals surface area contributed by atoms with Gasteiger partial charge in [0.25, 0.3) is 5.56 Å². The molecule has 4 aromatic rings. The van der Waals surface area contributed by atoms with E-state index in [1.165, 1.54) is 30.1 Å². The summed E-state index contributed by atoms with van der Waals surface area (Å²) in [5, 5.41) is 3.71. The van der Waals surface area contributed by atoms with Crippen molar-refractivity contribution in [1.29, 1.82) is 0 Å². The number of nitrogens with one attached hydrogen (secondary N) is 1. The topological polar surface area (TPSA) is 117 Å². The first-order valence-corrected chi connectivity index (χ1v) is 12.0. The lowest BCUT2D eigenvalue weighted by Gasteiger charge is -2.23. The van der Waals surface area contributed by atoms with Crippen molar-refractivity contribution >= 4 is 29.1 Å². The van der Waals surface area contributed by atoms with E-state index in [0.29, 0.717) is 22.3 Å². The van der Waals surface area contributed by atoms with Crippen LogP contribution >= 0.6 is 11.6 Å². The molecule has 1 N–H and O–H groups in total. The second-order valence-electron chi connectivity index (χ2n) is 9.12. The van der Waals surface area contributed by atoms with Gasteiger partial charge in [0.2, 0.25) is 5.88 Å². The van der Waals surface area contributed by atoms with Gasteiger partial charge in [0.05, 0.1) is 25.3 Å². The number of nitrogens with zero attached hydrogens (tertiary/aromatic N) is 4. The minimum absolute atomic E-state index is 0.146. The predicted molar refractivity (Wildman–Crippen MR) is 143 cm³/mol. The van der Waals surface area contributed by atoms with Crippen LogP contribution in [0.1, 0.15) is 19.4 Å². The maximum absolute atomic E-state index is 13.6. The van der Waals surface area contributed by atoms with Crippen LogP contribution < -0.4 is 21.3 Å². The molecule has 2 aromatic heterocycles. The fourth-order valence-electron chi connectivity index (χ4n) is 3.74. The van der Waals surface area contributed by atoms with Gasteiger partial charge in [0.1, 0.15) is 11.6 Å². The maximum atomic E-state index is 13.6. The molecule has 11 heteroatoms. The Kier molecular flexibility index (Phi) is 7.92. The molecular formula is C27H26ClN5O5. The molecule has 4 rings (SSSR count). The first-order valence-electron chi connectivity index (χ1n) is 11.6. The second kappa shape index (κ2) is 11.3. The van der Waals surface area contributed by atoms with Gasteiger partial charge in [-0.2, -0.15) is 0 Å². The number of carbonyl (C=O) groups excluding carboxylic acids is 1. The van der Waals surface area contributed by atoms with E-state index in [0.717, 1.165) is 10.1 Å². The van der Waals surface area contributed by atoms with Crippen LogP contribution in [0.4, 0.5) is 11.5 Å². The standard InChI is InChI=1S/C27H26ClN5O5/c1-27(2,25(35)37-3)17-33-24(34)14-22(32(26(33)36)16-18-4-6-19(28)7-5-18)31-20-8-10-21(11-9-20)38-23-15-29-12-13-30-23/h4-15,31H,16-17H2,1-3H3. The molecule has 0 aliphatic rings. The van der Waals surface area contributed by atoms with Crippen molar-refractivity contribution in [1.82, 2.24) is 19.1 Å². The van der Waals surface area contributed by atoms with Crippen LogP contribution in [0, 0.1) is 5.41 Å². The minimum atomic E-state index is -1.09. The molecule has 2 aromatic carbocycles. The number of benzene rings is 2. The maximum Gasteiger partial charge on any atom is 0.332 e. The smallest absolute Gasteiger partial charge is 0.332 e. The zero-order valence-electron chi connectivity index (χ0n) is 21.1. The number of ether oxygens (including phenoxy) is 2. The molecule has 10 nitrogen and oxygen atoms in total. The van der Waals surface area contributed by atoms with Crippen LogP contribution in [-0.4, -0.2) is 32.2 Å². The van der Waals surface area contributed by atoms with Crippen LogP contribution in [0.3, 0.4) is 0 Å². The Labute approximate surface area is 223 Å². The Hall–Kier alpha value is -4.44. The number of hydrogen-bond acceptors (Lipinski definition) is 8. The molecule has 0 saturated carbocycles. The van der Waals surface area contributed by atoms with Gasteiger partial charge in [-0.3, -0.25) is 23.7 Å². The van der Waals surface area contributed by atoms with Gasteiger partial charge in [0, 0.05) is 35.7 Å². The van der Waals surface area contributed by atoms with Crippen LogP contribution in [0.15, 0.2) is 82.8 Å². The molecule has 38 heavy (non-hydrogen) atoms. The van der Waals surface area contributed by atoms with Gasteiger partial charge in [-0.15, -0.1) is 0 Å². The lowest BCUT2D eigenvalue weighted by atomic mass is 9.93. The van der Waals surface area contributed by atoms with E-state index < -0.39 is 22.6 Å². The van der Waals surface area contributed by atoms with E-state index in [1.807, 2.05) is 0 Å². The number of halogens is 1. The summed E-state index contributed by atoms with van der Waals surface area (Å²) in [6.45, 7) is 3.24. The summed E-state index contributed by atoms with van der Waals surface area (Å²) in [7, 11) is 1.27. The quantitative estimate of drug-likeness (QED) is 0.316. The molecule has 196 valence electrons. The molecule has 0 spiro atoms. The number of hydrogen-bond donors (Lipinski definition) is 1. The third-order valence-corrected chi connectivity index (χ3v) is 5.96. The summed E-state index contributed by atoms with van der Waals surface area (Å²) in [5.74, 6) is 0.641. The number of rotatable bonds is 9. The van der Waals surface area contributed by atoms with E-state index in [2.05, 4.69) is 15.3 Å². The largest absolute Gasteiger partial charge is 0.469 e. The Bertz CT molecular complexity index is 1530. The van der Waals surface area contributed by atoms with Gasteiger partial charge in [-0.1, -0.05) is 23.7 Å². The summed E-state index contributed by atoms with van der Waals surface area (Å²) in [4.78, 5) is 46.9. The fourth-order valence-corrected chi connectivity index (χ4v) is 3.87. The van der Waals surface area contributed by atoms with Gasteiger partial charge in [0.15, 0.2) is 0 Å². The molecule has 0 unspecified atom stereocenters. The summed E-state index contributed by atoms with van der Waals surface area (Å²) in [6.07, 6.45) is 4.57. The van der Waals surface area contributed by atoms with Crippen molar-refractivity contribution in [3.63, 3.8) is 0 Å². The summed E-state index contributed by atoms with van der Waals surface area (Å²) in [5.41, 5.74) is -0.805. The highest BCUT2D eigenvalue weighted by molar-refractivity contribution is 6.30. The van der Waals surface area contributed by atoms with Gasteiger partial charge >= 0.3 is 11.7 Å². The van der Waals surface area contributed by atoms with Gasteiger partial charge < -0.3 is 14.8 Å². The molecule has 2 heterocycles. The second-order valence-corrected chi connectivity index (χ2v) is 9.56. The number of esters is 1. The number of methoxy groups -OCH3 is 1. The summed E-state index contributed by atoms with van der Waals surface area (Å²) in [6, 6.07) is 15.3. The molecular weight excluding hydrogens is 510 g/mol. The lowest BCUT2D eigenvalue weighted by Crippen LogP contribution is -2.45. The lowest BCUT2D eigenvalue weighted by molar-refractivity contribution is -0.151. The van der Waals surface area contributed by atoms with Gasteiger partial charge in [-0.25, -0.2) is 9.78 Å². The molecule has 0 radical (unpaired) electrons. The molecule has 0 atom stereocenters. The van der Waals surface area contributed by atoms with Crippen LogP contribution in [0.5, 0.6) is 11.6 Å². The Balaban J connectivity index is 1.68. The average molecular weight is 536 g/mol. The van der Waals surface area contributed by atoms with Crippen molar-refractivity contribution in [2.45, 2.75) is 26.9 Å². The number of carbonyl (C=O) groups is 1. The Morgan fingerprint density at radius 2 is 1.74 bits per heavy atom. The fraction of sp³-hybridized carbons (Fsp3) is 0.222. The van der Waals surface area contributed by atoms with Gasteiger partial charge in [-0.05, 0) is 55.8 Å². The van der Waals surface area contributed by atoms with Crippen molar-refractivity contribution in [2.75, 3.05) is 12.4 Å². The molecule has 0 bridgehead atoms. The van der Waals surface area contributed by atoms with Crippen LogP contribution in [-0.2, 0) is 22.6 Å². The molecule has 0 aliphatic heterocycles. The number of aromatic nitrogens is 4. The zero-order chi connectivity index (χ0) is 27.3. The SMILES string of the molecule is COC(=O)C(C)(C)Cn1c(=O)cc(Nc2ccc(Oc3cnccn3)cc2)n(Cc2ccc(Cl)cc2)c1=O. The summed E-state index contributed by atoms with van der Waals surface area (Å²) >= 11 is 6.02. The minimum Gasteiger partial charge on any atom is -0.469 e. The van der Waals surface area contributed by atoms with Crippen LogP contribution in [0.2, 0.25) is 5.02 Å². The van der Waals surface area contributed by atoms with E-state index in [4.69, 9.17) is 21.1 Å². The molecule has 0 fully saturated rings. The summed E-state index contributed by atoms with van der Waals surface area (Å²) < 4.78 is 13.0. The van der Waals surface area contributed by atoms with Crippen molar-refractivity contribution in [2.24, 2.45) is 5.41 Å². The highest BCUT2D eigenvalue weighted by Crippen LogP contribution is 2.23. The Morgan fingerprint density at radius 1 is 1.03 bits per heavy atom. The van der Waals surface area contributed by atoms with Crippen LogP contribution in [0.25, 0.3) is 0 Å². The molecule has 0 aliphatic carbocycles. The van der Waals surface area contributed by atoms with E-state index in [-0.39, 0.29) is 18.9 Å². The van der Waals surface area contributed by atoms with Crippen molar-refractivity contribution in [3.05, 3.63) is 105 Å². The van der Waals surface area contributed by atoms with Crippen molar-refractivity contribution in [3.8, 4) is 11.6 Å². The van der Waals surface area contributed by atoms with E-state index in [1.54, 1.807) is 68.6 Å². The predicted octanol–water partition coefficient (Wildman–Crippen LogP) is 4.24. The normalized spacial score (nSPS) is 11.2. The van der Waals surface area contributed by atoms with E-state index >= 15 is 0 Å². The molecule has 0 amide bonds. The Morgan fingerprint density at radius 3 is 2.37 bits per heavy atom. The molecule has 0 saturated heterocycles. The monoisotopic (exact) mass is 535 g/mol. The highest BCUT2D eigenvalue weighted by atomic mass is 35.5. The third kappa shape index (κ3) is 6.27. The number of anilines is 2. The first kappa shape index (κ1) is 26.6. The van der Waals surface area contributed by atoms with Crippen molar-refractivity contribution < 1.29 is 14.3 Å². The van der Waals surface area contributed by atoms with E-state index in [9.17, 15) is 14.4 Å².